The summed E-state index contributed by atoms with van der Waals surface area (Å²) in [6.45, 7) is 1.57. The summed E-state index contributed by atoms with van der Waals surface area (Å²) in [6, 6.07) is 8.59. The maximum Gasteiger partial charge on any atom is 0.255 e. The van der Waals surface area contributed by atoms with Gasteiger partial charge in [0.05, 0.1) is 29.7 Å². The molecule has 4 rings (SSSR count). The van der Waals surface area contributed by atoms with E-state index in [1.807, 2.05) is 19.1 Å². The lowest BCUT2D eigenvalue weighted by Gasteiger charge is -2.11. The van der Waals surface area contributed by atoms with Crippen molar-refractivity contribution >= 4 is 29.1 Å². The zero-order valence-electron chi connectivity index (χ0n) is 16.6. The fraction of sp³-hybridized carbons (Fsp3) is 0.227. The van der Waals surface area contributed by atoms with E-state index < -0.39 is 23.4 Å². The molecule has 0 unspecified atom stereocenters. The molecule has 2 aromatic carbocycles. The quantitative estimate of drug-likeness (QED) is 0.593. The predicted molar refractivity (Wildman–Crippen MR) is 113 cm³/mol. The van der Waals surface area contributed by atoms with E-state index >= 15 is 0 Å². The molecule has 1 aliphatic carbocycles. The summed E-state index contributed by atoms with van der Waals surface area (Å²) in [5.41, 5.74) is 2.96. The number of hydrogen-bond donors (Lipinski definition) is 2. The van der Waals surface area contributed by atoms with Crippen LogP contribution in [0.25, 0.3) is 5.69 Å². The minimum atomic E-state index is -1.07. The van der Waals surface area contributed by atoms with Gasteiger partial charge in [0.2, 0.25) is 5.91 Å². The number of carbonyl (C=O) groups is 2. The van der Waals surface area contributed by atoms with Crippen LogP contribution < -0.4 is 10.6 Å². The van der Waals surface area contributed by atoms with E-state index in [4.69, 9.17) is 11.6 Å². The Morgan fingerprint density at radius 1 is 1.16 bits per heavy atom. The number of nitrogens with zero attached hydrogens (tertiary/aromatic N) is 2. The summed E-state index contributed by atoms with van der Waals surface area (Å²) in [7, 11) is 0. The second-order valence-corrected chi connectivity index (χ2v) is 7.83. The van der Waals surface area contributed by atoms with Crippen LogP contribution in [-0.2, 0) is 4.79 Å². The minimum Gasteiger partial charge on any atom is -0.343 e. The summed E-state index contributed by atoms with van der Waals surface area (Å²) >= 11 is 6.24. The average Bonchev–Trinajstić information content (AvgIpc) is 3.49. The number of anilines is 1. The Balaban J connectivity index is 1.47. The maximum absolute atomic E-state index is 13.3. The Morgan fingerprint density at radius 3 is 2.61 bits per heavy atom. The van der Waals surface area contributed by atoms with Gasteiger partial charge in [-0.25, -0.2) is 13.5 Å². The van der Waals surface area contributed by atoms with Crippen molar-refractivity contribution in [2.45, 2.75) is 25.7 Å². The van der Waals surface area contributed by atoms with Crippen molar-refractivity contribution in [1.29, 1.82) is 0 Å². The fourth-order valence-corrected chi connectivity index (χ4v) is 3.41. The number of halogens is 3. The van der Waals surface area contributed by atoms with Crippen LogP contribution in [0.3, 0.4) is 0 Å². The first-order valence-electron chi connectivity index (χ1n) is 9.71. The highest BCUT2D eigenvalue weighted by Crippen LogP contribution is 2.42. The Labute approximate surface area is 182 Å². The first kappa shape index (κ1) is 21.0. The Kier molecular flexibility index (Phi) is 5.73. The zero-order chi connectivity index (χ0) is 22.1. The van der Waals surface area contributed by atoms with Gasteiger partial charge in [-0.2, -0.15) is 5.10 Å². The third-order valence-corrected chi connectivity index (χ3v) is 5.44. The Hall–Kier alpha value is -3.26. The van der Waals surface area contributed by atoms with Crippen LogP contribution in [0, 0.1) is 18.6 Å². The van der Waals surface area contributed by atoms with E-state index in [-0.39, 0.29) is 18.2 Å². The van der Waals surface area contributed by atoms with Crippen LogP contribution in [0.2, 0.25) is 5.02 Å². The molecule has 1 fully saturated rings. The van der Waals surface area contributed by atoms with Crippen LogP contribution in [0.15, 0.2) is 42.6 Å². The highest BCUT2D eigenvalue weighted by atomic mass is 35.5. The number of benzene rings is 2. The van der Waals surface area contributed by atoms with E-state index in [1.54, 1.807) is 10.7 Å². The van der Waals surface area contributed by atoms with Crippen LogP contribution in [0.5, 0.6) is 0 Å². The van der Waals surface area contributed by atoms with Crippen LogP contribution >= 0.6 is 11.6 Å². The molecular weight excluding hydrogens is 426 g/mol. The van der Waals surface area contributed by atoms with Gasteiger partial charge in [-0.3, -0.25) is 9.59 Å². The molecule has 2 N–H and O–H groups in total. The van der Waals surface area contributed by atoms with Gasteiger partial charge in [-0.15, -0.1) is 0 Å². The van der Waals surface area contributed by atoms with E-state index in [1.165, 1.54) is 12.3 Å². The standard InChI is InChI=1S/C22H19ClF2N4O2/c1-12-2-6-15(9-17(12)23)29-21(13-3-4-13)16(10-27-29)22(31)26-11-20(30)28-14-5-7-18(24)19(25)8-14/h2,5-10,13H,3-4,11H2,1H3,(H,26,31)(H,28,30). The SMILES string of the molecule is Cc1ccc(-n2ncc(C(=O)NCC(=O)Nc3ccc(F)c(F)c3)c2C2CC2)cc1Cl. The molecule has 3 aromatic rings. The lowest BCUT2D eigenvalue weighted by Crippen LogP contribution is -2.33. The van der Waals surface area contributed by atoms with Gasteiger partial charge in [-0.05, 0) is 49.6 Å². The van der Waals surface area contributed by atoms with Crippen molar-refractivity contribution in [3.05, 3.63) is 76.1 Å². The molecule has 1 saturated carbocycles. The molecule has 1 aliphatic rings. The van der Waals surface area contributed by atoms with Gasteiger partial charge in [0.15, 0.2) is 11.6 Å². The summed E-state index contributed by atoms with van der Waals surface area (Å²) in [6.07, 6.45) is 3.37. The van der Waals surface area contributed by atoms with Gasteiger partial charge in [0, 0.05) is 22.7 Å². The number of hydrogen-bond acceptors (Lipinski definition) is 3. The molecule has 0 bridgehead atoms. The van der Waals surface area contributed by atoms with Crippen molar-refractivity contribution in [3.8, 4) is 5.69 Å². The maximum atomic E-state index is 13.3. The van der Waals surface area contributed by atoms with E-state index in [0.717, 1.165) is 41.9 Å². The number of rotatable bonds is 6. The first-order valence-corrected chi connectivity index (χ1v) is 10.1. The smallest absolute Gasteiger partial charge is 0.255 e. The molecule has 6 nitrogen and oxygen atoms in total. The lowest BCUT2D eigenvalue weighted by molar-refractivity contribution is -0.115. The number of aryl methyl sites for hydroxylation is 1. The molecule has 0 saturated heterocycles. The summed E-state index contributed by atoms with van der Waals surface area (Å²) in [5.74, 6) is -2.87. The van der Waals surface area contributed by atoms with Gasteiger partial charge in [-0.1, -0.05) is 17.7 Å². The number of nitrogens with one attached hydrogen (secondary N) is 2. The molecule has 0 radical (unpaired) electrons. The minimum absolute atomic E-state index is 0.0980. The van der Waals surface area contributed by atoms with E-state index in [0.29, 0.717) is 10.6 Å². The lowest BCUT2D eigenvalue weighted by atomic mass is 10.1. The van der Waals surface area contributed by atoms with Gasteiger partial charge in [0.25, 0.3) is 5.91 Å². The predicted octanol–water partition coefficient (Wildman–Crippen LogP) is 4.36. The highest BCUT2D eigenvalue weighted by molar-refractivity contribution is 6.31. The molecule has 0 aliphatic heterocycles. The topological polar surface area (TPSA) is 76.0 Å². The zero-order valence-corrected chi connectivity index (χ0v) is 17.3. The van der Waals surface area contributed by atoms with Gasteiger partial charge in [0.1, 0.15) is 0 Å². The van der Waals surface area contributed by atoms with Crippen molar-refractivity contribution in [3.63, 3.8) is 0 Å². The van der Waals surface area contributed by atoms with E-state index in [2.05, 4.69) is 15.7 Å². The number of carbonyl (C=O) groups excluding carboxylic acids is 2. The molecule has 160 valence electrons. The van der Waals surface area contributed by atoms with Gasteiger partial charge >= 0.3 is 0 Å². The molecule has 2 amide bonds. The van der Waals surface area contributed by atoms with Crippen molar-refractivity contribution in [1.82, 2.24) is 15.1 Å². The van der Waals surface area contributed by atoms with Crippen molar-refractivity contribution in [2.75, 3.05) is 11.9 Å². The third kappa shape index (κ3) is 4.59. The molecular formula is C22H19ClF2N4O2. The summed E-state index contributed by atoms with van der Waals surface area (Å²) in [4.78, 5) is 24.8. The molecule has 31 heavy (non-hydrogen) atoms. The van der Waals surface area contributed by atoms with Crippen LogP contribution in [-0.4, -0.2) is 28.1 Å². The molecule has 1 heterocycles. The molecule has 0 spiro atoms. The number of aromatic nitrogens is 2. The molecule has 9 heteroatoms. The monoisotopic (exact) mass is 444 g/mol. The second-order valence-electron chi connectivity index (χ2n) is 7.42. The largest absolute Gasteiger partial charge is 0.343 e. The summed E-state index contributed by atoms with van der Waals surface area (Å²) < 4.78 is 28.0. The third-order valence-electron chi connectivity index (χ3n) is 5.03. The molecule has 1 aromatic heterocycles. The van der Waals surface area contributed by atoms with Crippen molar-refractivity contribution in [2.24, 2.45) is 0 Å². The Morgan fingerprint density at radius 2 is 1.94 bits per heavy atom. The van der Waals surface area contributed by atoms with E-state index in [9.17, 15) is 18.4 Å². The highest BCUT2D eigenvalue weighted by Gasteiger charge is 2.33. The molecule has 0 atom stereocenters. The Bertz CT molecular complexity index is 1170. The average molecular weight is 445 g/mol. The fourth-order valence-electron chi connectivity index (χ4n) is 3.24. The van der Waals surface area contributed by atoms with Crippen molar-refractivity contribution < 1.29 is 18.4 Å². The second kappa shape index (κ2) is 8.47. The number of amides is 2. The van der Waals surface area contributed by atoms with Crippen LogP contribution in [0.4, 0.5) is 14.5 Å². The van der Waals surface area contributed by atoms with Crippen LogP contribution in [0.1, 0.15) is 40.4 Å². The first-order chi connectivity index (χ1) is 14.8. The summed E-state index contributed by atoms with van der Waals surface area (Å²) in [5, 5.41) is 9.95. The normalized spacial score (nSPS) is 13.2. The van der Waals surface area contributed by atoms with Gasteiger partial charge < -0.3 is 10.6 Å².